The second-order valence-electron chi connectivity index (χ2n) is 5.82. The van der Waals surface area contributed by atoms with Gasteiger partial charge in [0.25, 0.3) is 0 Å². The number of hydrogen-bond acceptors (Lipinski definition) is 2. The maximum atomic E-state index is 9.98. The normalized spacial score (nSPS) is 18.9. The molecule has 0 atom stereocenters. The van der Waals surface area contributed by atoms with Gasteiger partial charge in [0, 0.05) is 0 Å². The van der Waals surface area contributed by atoms with Crippen LogP contribution in [0.3, 0.4) is 0 Å². The molecule has 1 N–H and O–H groups in total. The molecule has 0 amide bonds. The molecule has 3 heteroatoms. The molecule has 16 heavy (non-hydrogen) atoms. The Labute approximate surface area is 100 Å². The van der Waals surface area contributed by atoms with Crippen molar-refractivity contribution in [2.45, 2.75) is 71.5 Å². The van der Waals surface area contributed by atoms with Gasteiger partial charge >= 0.3 is 7.48 Å². The highest BCUT2D eigenvalue weighted by atomic mass is 16.5. The number of hydrogen-bond donors (Lipinski definition) is 1. The second-order valence-corrected chi connectivity index (χ2v) is 5.82. The van der Waals surface area contributed by atoms with E-state index >= 15 is 0 Å². The quantitative estimate of drug-likeness (QED) is 0.742. The molecule has 0 aromatic heterocycles. The van der Waals surface area contributed by atoms with Crippen LogP contribution >= 0.6 is 0 Å². The summed E-state index contributed by atoms with van der Waals surface area (Å²) < 4.78 is 5.77. The first kappa shape index (κ1) is 13.8. The molecule has 1 radical (unpaired) electrons. The summed E-state index contributed by atoms with van der Waals surface area (Å²) in [6.07, 6.45) is 4.82. The average molecular weight is 223 g/mol. The molecule has 2 nitrogen and oxygen atoms in total. The first-order valence-corrected chi connectivity index (χ1v) is 6.16. The van der Waals surface area contributed by atoms with Crippen LogP contribution in [-0.2, 0) is 4.65 Å². The van der Waals surface area contributed by atoms with Gasteiger partial charge in [0.15, 0.2) is 0 Å². The third kappa shape index (κ3) is 3.36. The van der Waals surface area contributed by atoms with Gasteiger partial charge in [-0.1, -0.05) is 11.0 Å². The summed E-state index contributed by atoms with van der Waals surface area (Å²) in [4.78, 5) is 0. The van der Waals surface area contributed by atoms with Crippen LogP contribution in [0.4, 0.5) is 0 Å². The van der Waals surface area contributed by atoms with Crippen molar-refractivity contribution in [3.05, 3.63) is 11.0 Å². The number of aliphatic hydroxyl groups is 1. The Hall–Kier alpha value is -0.275. The van der Waals surface area contributed by atoms with Crippen LogP contribution in [0.15, 0.2) is 11.0 Å². The van der Waals surface area contributed by atoms with E-state index in [1.54, 1.807) is 13.8 Å². The van der Waals surface area contributed by atoms with E-state index in [0.717, 1.165) is 6.42 Å². The topological polar surface area (TPSA) is 29.5 Å². The predicted octanol–water partition coefficient (Wildman–Crippen LogP) is 3.02. The lowest BCUT2D eigenvalue weighted by atomic mass is 9.74. The van der Waals surface area contributed by atoms with Crippen molar-refractivity contribution < 1.29 is 9.76 Å². The van der Waals surface area contributed by atoms with Gasteiger partial charge in [-0.3, -0.25) is 0 Å². The van der Waals surface area contributed by atoms with Crippen LogP contribution in [-0.4, -0.2) is 23.8 Å². The van der Waals surface area contributed by atoms with Crippen molar-refractivity contribution in [2.24, 2.45) is 0 Å². The molecule has 91 valence electrons. The Morgan fingerprint density at radius 1 is 1.12 bits per heavy atom. The van der Waals surface area contributed by atoms with Crippen LogP contribution in [0.25, 0.3) is 0 Å². The summed E-state index contributed by atoms with van der Waals surface area (Å²) in [5.41, 5.74) is 1.34. The van der Waals surface area contributed by atoms with E-state index in [-0.39, 0.29) is 0 Å². The van der Waals surface area contributed by atoms with Crippen molar-refractivity contribution in [3.8, 4) is 0 Å². The van der Waals surface area contributed by atoms with Gasteiger partial charge in [0.2, 0.25) is 0 Å². The van der Waals surface area contributed by atoms with Crippen molar-refractivity contribution in [3.63, 3.8) is 0 Å². The predicted molar refractivity (Wildman–Crippen MR) is 68.4 cm³/mol. The van der Waals surface area contributed by atoms with E-state index in [1.165, 1.54) is 30.3 Å². The van der Waals surface area contributed by atoms with Gasteiger partial charge in [-0.15, -0.1) is 0 Å². The minimum absolute atomic E-state index is 0.558. The number of rotatable bonds is 4. The van der Waals surface area contributed by atoms with Gasteiger partial charge < -0.3 is 9.76 Å². The van der Waals surface area contributed by atoms with E-state index in [2.05, 4.69) is 6.92 Å². The zero-order valence-corrected chi connectivity index (χ0v) is 11.3. The summed E-state index contributed by atoms with van der Waals surface area (Å²) in [7, 11) is 1.85. The maximum Gasteiger partial charge on any atom is 0.326 e. The average Bonchev–Trinajstić information content (AvgIpc) is 2.15. The molecule has 0 saturated heterocycles. The van der Waals surface area contributed by atoms with E-state index < -0.39 is 11.2 Å². The lowest BCUT2D eigenvalue weighted by Crippen LogP contribution is -2.48. The lowest BCUT2D eigenvalue weighted by Gasteiger charge is -2.38. The van der Waals surface area contributed by atoms with Crippen molar-refractivity contribution >= 4 is 7.48 Å². The van der Waals surface area contributed by atoms with E-state index in [0.29, 0.717) is 0 Å². The van der Waals surface area contributed by atoms with Crippen LogP contribution in [0.5, 0.6) is 0 Å². The summed E-state index contributed by atoms with van der Waals surface area (Å²) in [6.45, 7) is 9.57. The molecule has 0 bridgehead atoms. The van der Waals surface area contributed by atoms with Crippen LogP contribution in [0.2, 0.25) is 0 Å². The van der Waals surface area contributed by atoms with Gasteiger partial charge in [0.1, 0.15) is 0 Å². The fourth-order valence-corrected chi connectivity index (χ4v) is 1.60. The molecule has 0 spiro atoms. The smallest absolute Gasteiger partial charge is 0.326 e. The molecule has 0 heterocycles. The second kappa shape index (κ2) is 4.93. The summed E-state index contributed by atoms with van der Waals surface area (Å²) in [5.74, 6) is 0. The Morgan fingerprint density at radius 2 is 1.69 bits per heavy atom. The Bertz CT molecular complexity index is 274. The molecule has 1 rings (SSSR count). The van der Waals surface area contributed by atoms with Crippen LogP contribution in [0, 0.1) is 0 Å². The highest BCUT2D eigenvalue weighted by Crippen LogP contribution is 2.28. The molecule has 1 aliphatic rings. The largest absolute Gasteiger partial charge is 0.427 e. The highest BCUT2D eigenvalue weighted by molar-refractivity contribution is 6.38. The molecule has 0 aliphatic heterocycles. The van der Waals surface area contributed by atoms with E-state index in [1.807, 2.05) is 21.3 Å². The molecular weight excluding hydrogens is 199 g/mol. The van der Waals surface area contributed by atoms with E-state index in [9.17, 15) is 5.11 Å². The molecule has 1 aliphatic carbocycles. The van der Waals surface area contributed by atoms with Crippen LogP contribution < -0.4 is 0 Å². The van der Waals surface area contributed by atoms with Crippen LogP contribution in [0.1, 0.15) is 60.3 Å². The van der Waals surface area contributed by atoms with Crippen molar-refractivity contribution in [1.29, 1.82) is 0 Å². The fraction of sp³-hybridized carbons (Fsp3) is 0.846. The zero-order valence-electron chi connectivity index (χ0n) is 11.3. The number of allylic oxidation sites excluding steroid dienone is 2. The molecule has 0 fully saturated rings. The minimum Gasteiger partial charge on any atom is -0.427 e. The third-order valence-corrected chi connectivity index (χ3v) is 3.77. The SMILES string of the molecule is CC1=C([B]OC(C)(C)C(C)(C)O)CCCC1. The Morgan fingerprint density at radius 3 is 2.19 bits per heavy atom. The highest BCUT2D eigenvalue weighted by Gasteiger charge is 2.36. The Balaban J connectivity index is 2.57. The molecule has 0 unspecified atom stereocenters. The summed E-state index contributed by atoms with van der Waals surface area (Å²) >= 11 is 0. The van der Waals surface area contributed by atoms with Crippen molar-refractivity contribution in [1.82, 2.24) is 0 Å². The summed E-state index contributed by atoms with van der Waals surface area (Å²) in [5, 5.41) is 9.98. The fourth-order valence-electron chi connectivity index (χ4n) is 1.60. The maximum absolute atomic E-state index is 9.98. The lowest BCUT2D eigenvalue weighted by molar-refractivity contribution is -0.0897. The third-order valence-electron chi connectivity index (χ3n) is 3.77. The first-order valence-electron chi connectivity index (χ1n) is 6.16. The minimum atomic E-state index is -0.841. The van der Waals surface area contributed by atoms with E-state index in [4.69, 9.17) is 4.65 Å². The monoisotopic (exact) mass is 223 g/mol. The van der Waals surface area contributed by atoms with Gasteiger partial charge in [-0.2, -0.15) is 0 Å². The van der Waals surface area contributed by atoms with Gasteiger partial charge in [-0.05, 0) is 60.3 Å². The molecule has 0 aromatic rings. The van der Waals surface area contributed by atoms with Gasteiger partial charge in [-0.25, -0.2) is 0 Å². The van der Waals surface area contributed by atoms with Crippen molar-refractivity contribution in [2.75, 3.05) is 0 Å². The molecule has 0 saturated carbocycles. The zero-order chi connectivity index (χ0) is 12.4. The first-order chi connectivity index (χ1) is 7.24. The standard InChI is InChI=1S/C13H24BO2/c1-10-8-6-7-9-11(10)14-16-13(4,5)12(2,3)15/h15H,6-9H2,1-5H3. The molecular formula is C13H24BO2. The Kier molecular flexibility index (Phi) is 4.25. The molecule has 0 aromatic carbocycles. The van der Waals surface area contributed by atoms with Gasteiger partial charge in [0.05, 0.1) is 11.2 Å². The summed E-state index contributed by atoms with van der Waals surface area (Å²) in [6, 6.07) is 0.